The number of hydrogen-bond donors (Lipinski definition) is 1. The van der Waals surface area contributed by atoms with Crippen molar-refractivity contribution in [3.05, 3.63) is 45.7 Å². The molecule has 1 aromatic carbocycles. The normalized spacial score (nSPS) is 11.4. The smallest absolute Gasteiger partial charge is 0.385 e. The molecule has 0 fully saturated rings. The van der Waals surface area contributed by atoms with Crippen molar-refractivity contribution in [2.24, 2.45) is 0 Å². The number of halogens is 4. The maximum atomic E-state index is 12.8. The van der Waals surface area contributed by atoms with Gasteiger partial charge in [-0.25, -0.2) is 0 Å². The third-order valence-corrected chi connectivity index (χ3v) is 2.92. The molecular formula is C12H9ClF3N3O. The number of nitrogens with zero attached hydrogens (tertiary/aromatic N) is 2. The molecule has 0 amide bonds. The lowest BCUT2D eigenvalue weighted by atomic mass is 10.1. The number of hydrogen-bond acceptors (Lipinski definition) is 3. The number of alkyl halides is 3. The first-order chi connectivity index (χ1) is 9.36. The van der Waals surface area contributed by atoms with Gasteiger partial charge in [0, 0.05) is 12.6 Å². The minimum Gasteiger partial charge on any atom is -0.385 e. The van der Waals surface area contributed by atoms with Gasteiger partial charge in [0.15, 0.2) is 0 Å². The molecule has 2 aromatic rings. The fourth-order valence-electron chi connectivity index (χ4n) is 1.70. The van der Waals surface area contributed by atoms with E-state index in [0.717, 1.165) is 0 Å². The van der Waals surface area contributed by atoms with E-state index in [-0.39, 0.29) is 11.4 Å². The van der Waals surface area contributed by atoms with Gasteiger partial charge < -0.3 is 5.32 Å². The molecule has 106 valence electrons. The van der Waals surface area contributed by atoms with E-state index in [4.69, 9.17) is 11.6 Å². The van der Waals surface area contributed by atoms with Crippen molar-refractivity contribution >= 4 is 17.3 Å². The summed E-state index contributed by atoms with van der Waals surface area (Å²) in [5.74, 6) is 0. The number of nitrogens with one attached hydrogen (secondary N) is 1. The predicted octanol–water partition coefficient (Wildman–Crippen LogP) is 3.08. The van der Waals surface area contributed by atoms with Crippen LogP contribution in [0.4, 0.5) is 18.9 Å². The van der Waals surface area contributed by atoms with Gasteiger partial charge >= 0.3 is 6.30 Å². The average molecular weight is 304 g/mol. The summed E-state index contributed by atoms with van der Waals surface area (Å²) in [5.41, 5.74) is -0.988. The fourth-order valence-corrected chi connectivity index (χ4v) is 1.96. The number of anilines is 1. The van der Waals surface area contributed by atoms with Crippen LogP contribution in [0, 0.1) is 0 Å². The molecule has 0 spiro atoms. The van der Waals surface area contributed by atoms with Crippen molar-refractivity contribution in [1.29, 1.82) is 0 Å². The maximum Gasteiger partial charge on any atom is 0.507 e. The van der Waals surface area contributed by atoms with E-state index >= 15 is 0 Å². The SMILES string of the molecule is CNc1c(-c2ccccc2)nn(C(F)(F)F)c(=O)c1Cl. The first-order valence-electron chi connectivity index (χ1n) is 5.49. The standard InChI is InChI=1S/C12H9ClF3N3O/c1-17-10-8(13)11(20)19(12(14,15)16)18-9(10)7-5-3-2-4-6-7/h2-6,17H,1H3. The summed E-state index contributed by atoms with van der Waals surface area (Å²) in [6.45, 7) is 0. The van der Waals surface area contributed by atoms with Crippen LogP contribution in [0.3, 0.4) is 0 Å². The van der Waals surface area contributed by atoms with Crippen molar-refractivity contribution in [3.63, 3.8) is 0 Å². The van der Waals surface area contributed by atoms with Crippen LogP contribution in [0.15, 0.2) is 35.1 Å². The highest BCUT2D eigenvalue weighted by Gasteiger charge is 2.36. The molecule has 0 unspecified atom stereocenters. The molecule has 0 saturated carbocycles. The Kier molecular flexibility index (Phi) is 3.71. The summed E-state index contributed by atoms with van der Waals surface area (Å²) >= 11 is 5.72. The van der Waals surface area contributed by atoms with Crippen LogP contribution in [0.5, 0.6) is 0 Å². The zero-order chi connectivity index (χ0) is 14.9. The van der Waals surface area contributed by atoms with Crippen molar-refractivity contribution in [2.45, 2.75) is 6.30 Å². The van der Waals surface area contributed by atoms with Crippen molar-refractivity contribution < 1.29 is 13.2 Å². The molecule has 0 aliphatic carbocycles. The van der Waals surface area contributed by atoms with Crippen LogP contribution in [0.2, 0.25) is 5.02 Å². The lowest BCUT2D eigenvalue weighted by Gasteiger charge is -2.15. The third kappa shape index (κ3) is 2.49. The van der Waals surface area contributed by atoms with Gasteiger partial charge in [-0.05, 0) is 0 Å². The second-order valence-corrected chi connectivity index (χ2v) is 4.22. The Morgan fingerprint density at radius 2 is 1.85 bits per heavy atom. The predicted molar refractivity (Wildman–Crippen MR) is 69.8 cm³/mol. The van der Waals surface area contributed by atoms with Crippen molar-refractivity contribution in [1.82, 2.24) is 9.78 Å². The zero-order valence-electron chi connectivity index (χ0n) is 10.2. The summed E-state index contributed by atoms with van der Waals surface area (Å²) in [7, 11) is 1.45. The molecule has 0 radical (unpaired) electrons. The number of aromatic nitrogens is 2. The lowest BCUT2D eigenvalue weighted by molar-refractivity contribution is -0.215. The summed E-state index contributed by atoms with van der Waals surface area (Å²) < 4.78 is 37.8. The van der Waals surface area contributed by atoms with E-state index in [1.807, 2.05) is 0 Å². The Morgan fingerprint density at radius 1 is 1.25 bits per heavy atom. The lowest BCUT2D eigenvalue weighted by Crippen LogP contribution is -2.34. The van der Waals surface area contributed by atoms with E-state index in [1.165, 1.54) is 7.05 Å². The van der Waals surface area contributed by atoms with Gasteiger partial charge in [0.2, 0.25) is 0 Å². The molecule has 1 N–H and O–H groups in total. The first kappa shape index (κ1) is 14.4. The van der Waals surface area contributed by atoms with Gasteiger partial charge in [-0.3, -0.25) is 4.79 Å². The molecule has 1 heterocycles. The summed E-state index contributed by atoms with van der Waals surface area (Å²) in [6, 6.07) is 8.15. The van der Waals surface area contributed by atoms with Gasteiger partial charge in [-0.2, -0.15) is 5.10 Å². The van der Waals surface area contributed by atoms with Gasteiger partial charge in [0.1, 0.15) is 10.7 Å². The number of benzene rings is 1. The number of rotatable bonds is 2. The molecule has 0 aliphatic heterocycles. The van der Waals surface area contributed by atoms with Crippen molar-refractivity contribution in [2.75, 3.05) is 12.4 Å². The summed E-state index contributed by atoms with van der Waals surface area (Å²) in [4.78, 5) is 11.6. The second-order valence-electron chi connectivity index (χ2n) is 3.84. The van der Waals surface area contributed by atoms with Crippen molar-refractivity contribution in [3.8, 4) is 11.3 Å². The van der Waals surface area contributed by atoms with Gasteiger partial charge in [-0.15, -0.1) is 17.9 Å². The Balaban J connectivity index is 2.80. The van der Waals surface area contributed by atoms with Gasteiger partial charge in [-0.1, -0.05) is 41.9 Å². The van der Waals surface area contributed by atoms with Crippen LogP contribution in [-0.4, -0.2) is 16.8 Å². The molecule has 4 nitrogen and oxygen atoms in total. The van der Waals surface area contributed by atoms with Crippen LogP contribution >= 0.6 is 11.6 Å². The average Bonchev–Trinajstić information content (AvgIpc) is 2.41. The molecule has 0 saturated heterocycles. The molecule has 0 aliphatic rings. The van der Waals surface area contributed by atoms with E-state index in [0.29, 0.717) is 5.56 Å². The van der Waals surface area contributed by atoms with Gasteiger partial charge in [0.25, 0.3) is 5.56 Å². The Bertz CT molecular complexity index is 683. The monoisotopic (exact) mass is 303 g/mol. The molecule has 20 heavy (non-hydrogen) atoms. The Hall–Kier alpha value is -2.02. The Morgan fingerprint density at radius 3 is 2.35 bits per heavy atom. The largest absolute Gasteiger partial charge is 0.507 e. The molecule has 8 heteroatoms. The highest BCUT2D eigenvalue weighted by molar-refractivity contribution is 6.33. The molecule has 0 bridgehead atoms. The van der Waals surface area contributed by atoms with Crippen LogP contribution in [0.25, 0.3) is 11.3 Å². The molecule has 0 atom stereocenters. The highest BCUT2D eigenvalue weighted by atomic mass is 35.5. The second kappa shape index (κ2) is 5.16. The van der Waals surface area contributed by atoms with Crippen LogP contribution in [0.1, 0.15) is 0 Å². The molecule has 1 aromatic heterocycles. The Labute approximate surface area is 116 Å². The fraction of sp³-hybridized carbons (Fsp3) is 0.167. The molecule has 2 rings (SSSR count). The van der Waals surface area contributed by atoms with E-state index in [2.05, 4.69) is 10.4 Å². The first-order valence-corrected chi connectivity index (χ1v) is 5.87. The van der Waals surface area contributed by atoms with Gasteiger partial charge in [0.05, 0.1) is 5.69 Å². The van der Waals surface area contributed by atoms with E-state index < -0.39 is 21.6 Å². The highest BCUT2D eigenvalue weighted by Crippen LogP contribution is 2.31. The quantitative estimate of drug-likeness (QED) is 0.927. The summed E-state index contributed by atoms with van der Waals surface area (Å²) in [5, 5.41) is 5.43. The topological polar surface area (TPSA) is 46.9 Å². The molecular weight excluding hydrogens is 295 g/mol. The minimum atomic E-state index is -4.93. The van der Waals surface area contributed by atoms with Crippen LogP contribution < -0.4 is 10.9 Å². The minimum absolute atomic E-state index is 0.0463. The van der Waals surface area contributed by atoms with Crippen LogP contribution in [-0.2, 0) is 6.30 Å². The maximum absolute atomic E-state index is 12.8. The van der Waals surface area contributed by atoms with E-state index in [1.54, 1.807) is 30.3 Å². The third-order valence-electron chi connectivity index (χ3n) is 2.57. The zero-order valence-corrected chi connectivity index (χ0v) is 11.0. The summed E-state index contributed by atoms with van der Waals surface area (Å²) in [6.07, 6.45) is -4.93. The van der Waals surface area contributed by atoms with E-state index in [9.17, 15) is 18.0 Å².